The second-order valence-electron chi connectivity index (χ2n) is 2.97. The van der Waals surface area contributed by atoms with Crippen molar-refractivity contribution in [3.8, 4) is 0 Å². The van der Waals surface area contributed by atoms with Crippen LogP contribution in [0.3, 0.4) is 0 Å². The Morgan fingerprint density at radius 1 is 1.15 bits per heavy atom. The van der Waals surface area contributed by atoms with Crippen LogP contribution in [-0.2, 0) is 0 Å². The van der Waals surface area contributed by atoms with Crippen LogP contribution >= 0.6 is 0 Å². The zero-order chi connectivity index (χ0) is 9.94. The van der Waals surface area contributed by atoms with Crippen molar-refractivity contribution < 1.29 is 9.90 Å². The highest BCUT2D eigenvalue weighted by Crippen LogP contribution is 1.91. The topological polar surface area (TPSA) is 61.4 Å². The summed E-state index contributed by atoms with van der Waals surface area (Å²) >= 11 is 0. The van der Waals surface area contributed by atoms with E-state index in [1.807, 2.05) is 6.92 Å². The van der Waals surface area contributed by atoms with Crippen molar-refractivity contribution in [2.75, 3.05) is 19.7 Å². The Hall–Kier alpha value is -0.770. The van der Waals surface area contributed by atoms with Crippen molar-refractivity contribution in [1.82, 2.24) is 10.6 Å². The molecule has 0 radical (unpaired) electrons. The molecular weight excluding hydrogens is 168 g/mol. The lowest BCUT2D eigenvalue weighted by Gasteiger charge is -2.05. The number of hydrogen-bond donors (Lipinski definition) is 3. The second-order valence-corrected chi connectivity index (χ2v) is 2.97. The Morgan fingerprint density at radius 2 is 1.85 bits per heavy atom. The van der Waals surface area contributed by atoms with Gasteiger partial charge in [-0.3, -0.25) is 0 Å². The Labute approximate surface area is 79.7 Å². The summed E-state index contributed by atoms with van der Waals surface area (Å²) in [4.78, 5) is 11.0. The van der Waals surface area contributed by atoms with Gasteiger partial charge in [-0.2, -0.15) is 0 Å². The lowest BCUT2D eigenvalue weighted by Crippen LogP contribution is -2.36. The minimum absolute atomic E-state index is 0.0918. The highest BCUT2D eigenvalue weighted by Gasteiger charge is 1.96. The summed E-state index contributed by atoms with van der Waals surface area (Å²) in [7, 11) is 0. The first-order chi connectivity index (χ1) is 6.31. The lowest BCUT2D eigenvalue weighted by atomic mass is 10.2. The summed E-state index contributed by atoms with van der Waals surface area (Å²) in [5.74, 6) is 0. The first-order valence-electron chi connectivity index (χ1n) is 4.93. The molecule has 0 heterocycles. The van der Waals surface area contributed by atoms with Gasteiger partial charge in [0.15, 0.2) is 0 Å². The van der Waals surface area contributed by atoms with E-state index in [2.05, 4.69) is 10.6 Å². The van der Waals surface area contributed by atoms with Crippen LogP contribution in [0.1, 0.15) is 32.6 Å². The van der Waals surface area contributed by atoms with Gasteiger partial charge in [-0.1, -0.05) is 6.92 Å². The SMILES string of the molecule is CCCNC(=O)NCCCCCO. The van der Waals surface area contributed by atoms with Crippen molar-refractivity contribution in [2.24, 2.45) is 0 Å². The van der Waals surface area contributed by atoms with E-state index in [0.717, 1.165) is 32.2 Å². The molecule has 0 aromatic rings. The molecule has 0 saturated carbocycles. The van der Waals surface area contributed by atoms with Crippen LogP contribution in [0.25, 0.3) is 0 Å². The molecule has 2 amide bonds. The van der Waals surface area contributed by atoms with E-state index in [1.54, 1.807) is 0 Å². The third-order valence-corrected chi connectivity index (χ3v) is 1.66. The molecule has 0 aromatic carbocycles. The van der Waals surface area contributed by atoms with Crippen LogP contribution in [-0.4, -0.2) is 30.8 Å². The van der Waals surface area contributed by atoms with Crippen molar-refractivity contribution in [1.29, 1.82) is 0 Å². The van der Waals surface area contributed by atoms with Crippen molar-refractivity contribution in [3.05, 3.63) is 0 Å². The Kier molecular flexibility index (Phi) is 8.77. The number of aliphatic hydroxyl groups is 1. The van der Waals surface area contributed by atoms with Crippen LogP contribution in [0.4, 0.5) is 4.79 Å². The number of carbonyl (C=O) groups excluding carboxylic acids is 1. The monoisotopic (exact) mass is 188 g/mol. The summed E-state index contributed by atoms with van der Waals surface area (Å²) in [6, 6.07) is -0.0918. The molecule has 78 valence electrons. The van der Waals surface area contributed by atoms with Gasteiger partial charge in [0.25, 0.3) is 0 Å². The maximum atomic E-state index is 11.0. The molecule has 0 aliphatic rings. The van der Waals surface area contributed by atoms with Gasteiger partial charge in [0.1, 0.15) is 0 Å². The molecule has 0 aliphatic carbocycles. The molecular formula is C9H20N2O2. The fourth-order valence-corrected chi connectivity index (χ4v) is 0.917. The van der Waals surface area contributed by atoms with Gasteiger partial charge in [0.2, 0.25) is 0 Å². The number of nitrogens with one attached hydrogen (secondary N) is 2. The minimum atomic E-state index is -0.0918. The van der Waals surface area contributed by atoms with E-state index in [1.165, 1.54) is 0 Å². The number of rotatable bonds is 7. The summed E-state index contributed by atoms with van der Waals surface area (Å²) in [5.41, 5.74) is 0. The Balaban J connectivity index is 3.08. The van der Waals surface area contributed by atoms with Crippen LogP contribution < -0.4 is 10.6 Å². The molecule has 13 heavy (non-hydrogen) atoms. The van der Waals surface area contributed by atoms with Gasteiger partial charge < -0.3 is 15.7 Å². The third kappa shape index (κ3) is 9.14. The van der Waals surface area contributed by atoms with Gasteiger partial charge in [-0.25, -0.2) is 4.79 Å². The van der Waals surface area contributed by atoms with E-state index < -0.39 is 0 Å². The van der Waals surface area contributed by atoms with Crippen LogP contribution in [0, 0.1) is 0 Å². The van der Waals surface area contributed by atoms with Gasteiger partial charge in [-0.05, 0) is 25.7 Å². The largest absolute Gasteiger partial charge is 0.396 e. The molecule has 4 heteroatoms. The molecule has 0 aromatic heterocycles. The van der Waals surface area contributed by atoms with E-state index in [-0.39, 0.29) is 12.6 Å². The van der Waals surface area contributed by atoms with Gasteiger partial charge >= 0.3 is 6.03 Å². The van der Waals surface area contributed by atoms with Crippen molar-refractivity contribution in [2.45, 2.75) is 32.6 Å². The molecule has 4 nitrogen and oxygen atoms in total. The number of unbranched alkanes of at least 4 members (excludes halogenated alkanes) is 2. The number of carbonyl (C=O) groups is 1. The zero-order valence-corrected chi connectivity index (χ0v) is 8.31. The number of urea groups is 1. The third-order valence-electron chi connectivity index (χ3n) is 1.66. The molecule has 0 fully saturated rings. The molecule has 0 unspecified atom stereocenters. The molecule has 3 N–H and O–H groups in total. The molecule has 0 saturated heterocycles. The fraction of sp³-hybridized carbons (Fsp3) is 0.889. The Morgan fingerprint density at radius 3 is 2.46 bits per heavy atom. The first kappa shape index (κ1) is 12.2. The van der Waals surface area contributed by atoms with Gasteiger partial charge in [0, 0.05) is 19.7 Å². The predicted octanol–water partition coefficient (Wildman–Crippen LogP) is 0.858. The highest BCUT2D eigenvalue weighted by molar-refractivity contribution is 5.73. The molecule has 0 spiro atoms. The molecule has 0 bridgehead atoms. The number of hydrogen-bond acceptors (Lipinski definition) is 2. The standard InChI is InChI=1S/C9H20N2O2/c1-2-6-10-9(13)11-7-4-3-5-8-12/h12H,2-8H2,1H3,(H2,10,11,13). The predicted molar refractivity (Wildman–Crippen MR) is 52.6 cm³/mol. The van der Waals surface area contributed by atoms with Crippen LogP contribution in [0.5, 0.6) is 0 Å². The van der Waals surface area contributed by atoms with E-state index in [9.17, 15) is 4.79 Å². The smallest absolute Gasteiger partial charge is 0.314 e. The summed E-state index contributed by atoms with van der Waals surface area (Å²) < 4.78 is 0. The average molecular weight is 188 g/mol. The van der Waals surface area contributed by atoms with E-state index in [4.69, 9.17) is 5.11 Å². The number of amides is 2. The maximum absolute atomic E-state index is 11.0. The van der Waals surface area contributed by atoms with Gasteiger partial charge in [-0.15, -0.1) is 0 Å². The zero-order valence-electron chi connectivity index (χ0n) is 8.31. The Bertz CT molecular complexity index is 129. The van der Waals surface area contributed by atoms with E-state index in [0.29, 0.717) is 6.54 Å². The maximum Gasteiger partial charge on any atom is 0.314 e. The minimum Gasteiger partial charge on any atom is -0.396 e. The second kappa shape index (κ2) is 9.32. The quantitative estimate of drug-likeness (QED) is 0.519. The molecule has 0 aliphatic heterocycles. The van der Waals surface area contributed by atoms with E-state index >= 15 is 0 Å². The number of aliphatic hydroxyl groups excluding tert-OH is 1. The van der Waals surface area contributed by atoms with Gasteiger partial charge in [0.05, 0.1) is 0 Å². The lowest BCUT2D eigenvalue weighted by molar-refractivity contribution is 0.240. The highest BCUT2D eigenvalue weighted by atomic mass is 16.2. The van der Waals surface area contributed by atoms with Crippen molar-refractivity contribution in [3.63, 3.8) is 0 Å². The molecule has 0 atom stereocenters. The summed E-state index contributed by atoms with van der Waals surface area (Å²) in [6.07, 6.45) is 3.67. The average Bonchev–Trinajstić information content (AvgIpc) is 2.14. The fourth-order valence-electron chi connectivity index (χ4n) is 0.917. The van der Waals surface area contributed by atoms with Crippen LogP contribution in [0.15, 0.2) is 0 Å². The summed E-state index contributed by atoms with van der Waals surface area (Å²) in [6.45, 7) is 3.67. The van der Waals surface area contributed by atoms with Crippen LogP contribution in [0.2, 0.25) is 0 Å². The normalized spacial score (nSPS) is 9.69. The molecule has 0 rings (SSSR count). The first-order valence-corrected chi connectivity index (χ1v) is 4.93. The van der Waals surface area contributed by atoms with Crippen molar-refractivity contribution >= 4 is 6.03 Å². The summed E-state index contributed by atoms with van der Waals surface area (Å²) in [5, 5.41) is 14.0.